The summed E-state index contributed by atoms with van der Waals surface area (Å²) >= 11 is 3.30. The third kappa shape index (κ3) is 5.70. The van der Waals surface area contributed by atoms with Crippen LogP contribution in [-0.4, -0.2) is 24.3 Å². The highest BCUT2D eigenvalue weighted by atomic mass is 79.9. The summed E-state index contributed by atoms with van der Waals surface area (Å²) in [5, 5.41) is 2.66. The van der Waals surface area contributed by atoms with Crippen molar-refractivity contribution in [3.63, 3.8) is 0 Å². The minimum atomic E-state index is -0.390. The van der Waals surface area contributed by atoms with Gasteiger partial charge in [-0.15, -0.1) is 0 Å². The molecule has 0 aliphatic rings. The normalized spacial score (nSPS) is 10.1. The van der Waals surface area contributed by atoms with Gasteiger partial charge in [-0.1, -0.05) is 33.6 Å². The molecule has 0 heterocycles. The molecule has 136 valence electrons. The summed E-state index contributed by atoms with van der Waals surface area (Å²) in [7, 11) is 0. The molecule has 0 aromatic heterocycles. The molecule has 2 rings (SSSR count). The van der Waals surface area contributed by atoms with Gasteiger partial charge in [-0.3, -0.25) is 25.2 Å². The van der Waals surface area contributed by atoms with E-state index in [2.05, 4.69) is 32.1 Å². The van der Waals surface area contributed by atoms with Crippen LogP contribution in [0.2, 0.25) is 0 Å². The van der Waals surface area contributed by atoms with Gasteiger partial charge in [0.15, 0.2) is 0 Å². The second-order valence-electron chi connectivity index (χ2n) is 5.83. The molecule has 6 nitrogen and oxygen atoms in total. The number of carbonyl (C=O) groups is 3. The molecule has 0 fully saturated rings. The van der Waals surface area contributed by atoms with Gasteiger partial charge in [0.05, 0.1) is 0 Å². The van der Waals surface area contributed by atoms with Gasteiger partial charge in [0.25, 0.3) is 11.8 Å². The first kappa shape index (κ1) is 19.7. The largest absolute Gasteiger partial charge is 0.352 e. The molecular formula is C19H20BrN3O3. The molecule has 0 aliphatic carbocycles. The molecule has 0 bridgehead atoms. The second-order valence-corrected chi connectivity index (χ2v) is 6.75. The number of carbonyl (C=O) groups excluding carboxylic acids is 3. The van der Waals surface area contributed by atoms with E-state index in [0.29, 0.717) is 11.1 Å². The fourth-order valence-corrected chi connectivity index (χ4v) is 2.58. The minimum absolute atomic E-state index is 0.0510. The molecular weight excluding hydrogens is 398 g/mol. The van der Waals surface area contributed by atoms with Crippen molar-refractivity contribution in [2.45, 2.75) is 20.3 Å². The van der Waals surface area contributed by atoms with Crippen molar-refractivity contribution in [1.82, 2.24) is 16.2 Å². The minimum Gasteiger partial charge on any atom is -0.352 e. The molecule has 2 aromatic rings. The van der Waals surface area contributed by atoms with Crippen molar-refractivity contribution in [2.24, 2.45) is 0 Å². The summed E-state index contributed by atoms with van der Waals surface area (Å²) in [5.74, 6) is -1.03. The van der Waals surface area contributed by atoms with Gasteiger partial charge in [0.1, 0.15) is 0 Å². The Bertz CT molecular complexity index is 819. The maximum Gasteiger partial charge on any atom is 0.269 e. The molecule has 26 heavy (non-hydrogen) atoms. The number of nitrogens with one attached hydrogen (secondary N) is 3. The fourth-order valence-electron chi connectivity index (χ4n) is 2.32. The number of halogens is 1. The van der Waals surface area contributed by atoms with Crippen LogP contribution in [0, 0.1) is 13.8 Å². The van der Waals surface area contributed by atoms with E-state index in [0.717, 1.165) is 15.6 Å². The van der Waals surface area contributed by atoms with E-state index in [4.69, 9.17) is 0 Å². The molecule has 0 saturated carbocycles. The number of hydrogen-bond donors (Lipinski definition) is 3. The highest BCUT2D eigenvalue weighted by molar-refractivity contribution is 9.10. The smallest absolute Gasteiger partial charge is 0.269 e. The van der Waals surface area contributed by atoms with Crippen molar-refractivity contribution >= 4 is 33.7 Å². The van der Waals surface area contributed by atoms with E-state index < -0.39 is 0 Å². The molecule has 7 heteroatoms. The zero-order valence-electron chi connectivity index (χ0n) is 14.6. The van der Waals surface area contributed by atoms with Gasteiger partial charge in [0, 0.05) is 28.6 Å². The first-order valence-electron chi connectivity index (χ1n) is 8.07. The van der Waals surface area contributed by atoms with Crippen molar-refractivity contribution < 1.29 is 14.4 Å². The lowest BCUT2D eigenvalue weighted by Crippen LogP contribution is -2.43. The van der Waals surface area contributed by atoms with Crippen LogP contribution in [0.1, 0.15) is 38.3 Å². The highest BCUT2D eigenvalue weighted by Gasteiger charge is 2.11. The summed E-state index contributed by atoms with van der Waals surface area (Å²) in [6.07, 6.45) is 0.0510. The SMILES string of the molecule is Cc1ccc(C(=O)NNC(=O)CCNC(=O)c2ccc(Br)cc2)c(C)c1. The Balaban J connectivity index is 1.74. The summed E-state index contributed by atoms with van der Waals surface area (Å²) in [4.78, 5) is 35.8. The Morgan fingerprint density at radius 1 is 0.923 bits per heavy atom. The van der Waals surface area contributed by atoms with E-state index >= 15 is 0 Å². The van der Waals surface area contributed by atoms with Gasteiger partial charge in [-0.05, 0) is 49.7 Å². The zero-order valence-corrected chi connectivity index (χ0v) is 16.1. The Kier molecular flexibility index (Phi) is 6.91. The third-order valence-corrected chi connectivity index (χ3v) is 4.21. The van der Waals surface area contributed by atoms with E-state index in [1.807, 2.05) is 26.0 Å². The fraction of sp³-hybridized carbons (Fsp3) is 0.211. The molecule has 3 amide bonds. The van der Waals surface area contributed by atoms with Crippen LogP contribution in [0.25, 0.3) is 0 Å². The lowest BCUT2D eigenvalue weighted by molar-refractivity contribution is -0.121. The second kappa shape index (κ2) is 9.15. The van der Waals surface area contributed by atoms with Crippen LogP contribution in [0.5, 0.6) is 0 Å². The van der Waals surface area contributed by atoms with Crippen molar-refractivity contribution in [3.8, 4) is 0 Å². The van der Waals surface area contributed by atoms with Gasteiger partial charge >= 0.3 is 0 Å². The summed E-state index contributed by atoms with van der Waals surface area (Å²) in [6, 6.07) is 12.3. The number of benzene rings is 2. The first-order chi connectivity index (χ1) is 12.4. The lowest BCUT2D eigenvalue weighted by Gasteiger charge is -2.10. The standard InChI is InChI=1S/C19H20BrN3O3/c1-12-3-8-16(13(2)11-12)19(26)23-22-17(24)9-10-21-18(25)14-4-6-15(20)7-5-14/h3-8,11H,9-10H2,1-2H3,(H,21,25)(H,22,24)(H,23,26). The summed E-state index contributed by atoms with van der Waals surface area (Å²) in [6.45, 7) is 3.95. The van der Waals surface area contributed by atoms with Crippen LogP contribution in [-0.2, 0) is 4.79 Å². The molecule has 3 N–H and O–H groups in total. The Hall–Kier alpha value is -2.67. The van der Waals surface area contributed by atoms with Crippen LogP contribution in [0.4, 0.5) is 0 Å². The number of hydrazine groups is 1. The molecule has 0 unspecified atom stereocenters. The zero-order chi connectivity index (χ0) is 19.1. The number of aryl methyl sites for hydroxylation is 2. The summed E-state index contributed by atoms with van der Waals surface area (Å²) in [5.41, 5.74) is 7.63. The summed E-state index contributed by atoms with van der Waals surface area (Å²) < 4.78 is 0.882. The van der Waals surface area contributed by atoms with Crippen LogP contribution in [0.3, 0.4) is 0 Å². The average molecular weight is 418 g/mol. The first-order valence-corrected chi connectivity index (χ1v) is 8.86. The van der Waals surface area contributed by atoms with Gasteiger partial charge in [0.2, 0.25) is 5.91 Å². The molecule has 0 aliphatic heterocycles. The van der Waals surface area contributed by atoms with E-state index in [-0.39, 0.29) is 30.7 Å². The highest BCUT2D eigenvalue weighted by Crippen LogP contribution is 2.11. The van der Waals surface area contributed by atoms with Crippen LogP contribution >= 0.6 is 15.9 Å². The van der Waals surface area contributed by atoms with Gasteiger partial charge < -0.3 is 5.32 Å². The number of amides is 3. The van der Waals surface area contributed by atoms with Crippen molar-refractivity contribution in [2.75, 3.05) is 6.54 Å². The quantitative estimate of drug-likeness (QED) is 0.653. The maximum absolute atomic E-state index is 12.1. The predicted octanol–water partition coefficient (Wildman–Crippen LogP) is 2.65. The molecule has 0 saturated heterocycles. The molecule has 0 spiro atoms. The number of rotatable bonds is 5. The predicted molar refractivity (Wildman–Crippen MR) is 103 cm³/mol. The maximum atomic E-state index is 12.1. The van der Waals surface area contributed by atoms with Crippen molar-refractivity contribution in [3.05, 3.63) is 69.2 Å². The Morgan fingerprint density at radius 3 is 2.27 bits per heavy atom. The molecule has 0 radical (unpaired) electrons. The van der Waals surface area contributed by atoms with Gasteiger partial charge in [-0.2, -0.15) is 0 Å². The topological polar surface area (TPSA) is 87.3 Å². The van der Waals surface area contributed by atoms with E-state index in [1.165, 1.54) is 0 Å². The molecule has 2 aromatic carbocycles. The monoisotopic (exact) mass is 417 g/mol. The van der Waals surface area contributed by atoms with Gasteiger partial charge in [-0.25, -0.2) is 0 Å². The third-order valence-electron chi connectivity index (χ3n) is 3.69. The van der Waals surface area contributed by atoms with Crippen molar-refractivity contribution in [1.29, 1.82) is 0 Å². The van der Waals surface area contributed by atoms with E-state index in [1.54, 1.807) is 30.3 Å². The average Bonchev–Trinajstić information content (AvgIpc) is 2.60. The van der Waals surface area contributed by atoms with E-state index in [9.17, 15) is 14.4 Å². The van der Waals surface area contributed by atoms with Crippen LogP contribution in [0.15, 0.2) is 46.9 Å². The lowest BCUT2D eigenvalue weighted by atomic mass is 10.1. The molecule has 0 atom stereocenters. The van der Waals surface area contributed by atoms with Crippen LogP contribution < -0.4 is 16.2 Å². The Morgan fingerprint density at radius 2 is 1.62 bits per heavy atom. The number of hydrogen-bond acceptors (Lipinski definition) is 3. The Labute approximate surface area is 160 Å².